The Balaban J connectivity index is 1.52. The van der Waals surface area contributed by atoms with E-state index in [0.29, 0.717) is 11.9 Å². The third-order valence-corrected chi connectivity index (χ3v) is 4.09. The molecular formula is C17H23N5. The molecule has 1 aliphatic rings. The zero-order valence-electron chi connectivity index (χ0n) is 12.8. The van der Waals surface area contributed by atoms with Crippen molar-refractivity contribution < 1.29 is 0 Å². The fourth-order valence-electron chi connectivity index (χ4n) is 2.91. The smallest absolute Gasteiger partial charge is 0.123 e. The van der Waals surface area contributed by atoms with Crippen LogP contribution in [-0.2, 0) is 6.54 Å². The van der Waals surface area contributed by atoms with E-state index in [1.807, 2.05) is 30.6 Å². The maximum atomic E-state index is 5.62. The minimum atomic E-state index is 0.499. The summed E-state index contributed by atoms with van der Waals surface area (Å²) in [6, 6.07) is 10.5. The Labute approximate surface area is 131 Å². The number of nitrogens with two attached hydrogens (primary N) is 1. The summed E-state index contributed by atoms with van der Waals surface area (Å²) in [4.78, 5) is 11.0. The van der Waals surface area contributed by atoms with Crippen LogP contribution in [0.5, 0.6) is 0 Å². The van der Waals surface area contributed by atoms with Crippen molar-refractivity contribution in [2.45, 2.75) is 31.8 Å². The van der Waals surface area contributed by atoms with Crippen molar-refractivity contribution in [3.8, 4) is 0 Å². The van der Waals surface area contributed by atoms with Crippen molar-refractivity contribution in [1.82, 2.24) is 14.9 Å². The van der Waals surface area contributed by atoms with Crippen LogP contribution in [0.1, 0.15) is 25.0 Å². The van der Waals surface area contributed by atoms with Crippen LogP contribution in [-0.4, -0.2) is 34.0 Å². The molecule has 1 atom stereocenters. The van der Waals surface area contributed by atoms with Gasteiger partial charge in [-0.05, 0) is 50.1 Å². The van der Waals surface area contributed by atoms with Crippen LogP contribution >= 0.6 is 0 Å². The molecule has 0 saturated carbocycles. The van der Waals surface area contributed by atoms with Gasteiger partial charge in [0.25, 0.3) is 0 Å². The van der Waals surface area contributed by atoms with Gasteiger partial charge in [0.2, 0.25) is 0 Å². The molecule has 0 bridgehead atoms. The van der Waals surface area contributed by atoms with E-state index in [-0.39, 0.29) is 0 Å². The normalized spacial score (nSPS) is 19.5. The number of pyridine rings is 2. The lowest BCUT2D eigenvalue weighted by atomic mass is 10.1. The number of hydrogen-bond acceptors (Lipinski definition) is 5. The van der Waals surface area contributed by atoms with Gasteiger partial charge in [0, 0.05) is 25.3 Å². The second-order valence-electron chi connectivity index (χ2n) is 5.84. The van der Waals surface area contributed by atoms with Crippen LogP contribution in [0, 0.1) is 0 Å². The Morgan fingerprint density at radius 2 is 2.09 bits per heavy atom. The summed E-state index contributed by atoms with van der Waals surface area (Å²) >= 11 is 0. The van der Waals surface area contributed by atoms with E-state index in [2.05, 4.69) is 32.3 Å². The topological polar surface area (TPSA) is 67.1 Å². The van der Waals surface area contributed by atoms with E-state index in [4.69, 9.17) is 5.73 Å². The van der Waals surface area contributed by atoms with Gasteiger partial charge in [-0.15, -0.1) is 0 Å². The monoisotopic (exact) mass is 297 g/mol. The van der Waals surface area contributed by atoms with Crippen LogP contribution in [0.15, 0.2) is 42.7 Å². The second-order valence-corrected chi connectivity index (χ2v) is 5.84. The molecule has 1 fully saturated rings. The van der Waals surface area contributed by atoms with Gasteiger partial charge in [0.05, 0.1) is 17.6 Å². The van der Waals surface area contributed by atoms with Crippen molar-refractivity contribution in [1.29, 1.82) is 0 Å². The fourth-order valence-corrected chi connectivity index (χ4v) is 2.91. The Kier molecular flexibility index (Phi) is 4.85. The Hall–Kier alpha value is -2.14. The first-order valence-corrected chi connectivity index (χ1v) is 7.90. The molecule has 3 N–H and O–H groups in total. The molecule has 0 unspecified atom stereocenters. The lowest BCUT2D eigenvalue weighted by Crippen LogP contribution is -2.26. The van der Waals surface area contributed by atoms with Crippen molar-refractivity contribution >= 4 is 11.5 Å². The number of aromatic nitrogens is 2. The van der Waals surface area contributed by atoms with Crippen LogP contribution in [0.25, 0.3) is 0 Å². The Bertz CT molecular complexity index is 569. The first-order valence-electron chi connectivity index (χ1n) is 7.90. The van der Waals surface area contributed by atoms with Crippen molar-refractivity contribution in [3.63, 3.8) is 0 Å². The number of anilines is 2. The first kappa shape index (κ1) is 14.8. The van der Waals surface area contributed by atoms with E-state index < -0.39 is 0 Å². The largest absolute Gasteiger partial charge is 0.384 e. The molecule has 0 aromatic carbocycles. The molecule has 0 radical (unpaired) electrons. The minimum absolute atomic E-state index is 0.499. The van der Waals surface area contributed by atoms with Gasteiger partial charge >= 0.3 is 0 Å². The van der Waals surface area contributed by atoms with E-state index >= 15 is 0 Å². The highest BCUT2D eigenvalue weighted by molar-refractivity contribution is 5.45. The highest BCUT2D eigenvalue weighted by atomic mass is 15.1. The van der Waals surface area contributed by atoms with Crippen molar-refractivity contribution in [2.75, 3.05) is 24.1 Å². The quantitative estimate of drug-likeness (QED) is 0.907. The Morgan fingerprint density at radius 3 is 2.86 bits per heavy atom. The molecule has 0 aliphatic carbocycles. The van der Waals surface area contributed by atoms with Crippen LogP contribution < -0.4 is 11.1 Å². The predicted molar refractivity (Wildman–Crippen MR) is 89.4 cm³/mol. The van der Waals surface area contributed by atoms with Crippen molar-refractivity contribution in [3.05, 3.63) is 48.4 Å². The molecule has 0 spiro atoms. The summed E-state index contributed by atoms with van der Waals surface area (Å²) in [5.74, 6) is 0.563. The summed E-state index contributed by atoms with van der Waals surface area (Å²) in [7, 11) is 0. The molecule has 22 heavy (non-hydrogen) atoms. The Morgan fingerprint density at radius 1 is 1.14 bits per heavy atom. The minimum Gasteiger partial charge on any atom is -0.384 e. The molecule has 3 heterocycles. The molecule has 5 heteroatoms. The van der Waals surface area contributed by atoms with Gasteiger partial charge in [-0.2, -0.15) is 0 Å². The molecule has 116 valence electrons. The van der Waals surface area contributed by atoms with Gasteiger partial charge < -0.3 is 11.1 Å². The number of likely N-dealkylation sites (tertiary alicyclic amines) is 1. The number of nitrogen functional groups attached to an aromatic ring is 1. The van der Waals surface area contributed by atoms with Crippen LogP contribution in [0.4, 0.5) is 11.5 Å². The summed E-state index contributed by atoms with van der Waals surface area (Å²) < 4.78 is 0. The summed E-state index contributed by atoms with van der Waals surface area (Å²) in [5, 5.41) is 3.57. The average molecular weight is 297 g/mol. The van der Waals surface area contributed by atoms with Crippen LogP contribution in [0.3, 0.4) is 0 Å². The van der Waals surface area contributed by atoms with E-state index in [1.165, 1.54) is 12.8 Å². The molecule has 2 aromatic rings. The highest BCUT2D eigenvalue weighted by Crippen LogP contribution is 2.18. The third-order valence-electron chi connectivity index (χ3n) is 4.09. The molecule has 3 rings (SSSR count). The van der Waals surface area contributed by atoms with Gasteiger partial charge in [0.15, 0.2) is 0 Å². The van der Waals surface area contributed by atoms with Gasteiger partial charge in [-0.3, -0.25) is 9.88 Å². The number of nitrogens with zero attached hydrogens (tertiary/aromatic N) is 3. The molecule has 5 nitrogen and oxygen atoms in total. The average Bonchev–Trinajstić information content (AvgIpc) is 2.76. The SMILES string of the molecule is Nc1ccc(N[C@@H]2CCCN(Cc3ccccn3)CC2)cn1. The summed E-state index contributed by atoms with van der Waals surface area (Å²) in [6.07, 6.45) is 7.20. The van der Waals surface area contributed by atoms with E-state index in [0.717, 1.165) is 37.4 Å². The van der Waals surface area contributed by atoms with Gasteiger partial charge in [-0.25, -0.2) is 4.98 Å². The second kappa shape index (κ2) is 7.22. The third kappa shape index (κ3) is 4.18. The van der Waals surface area contributed by atoms with E-state index in [1.54, 1.807) is 0 Å². The number of rotatable bonds is 4. The maximum Gasteiger partial charge on any atom is 0.123 e. The molecule has 2 aromatic heterocycles. The lowest BCUT2D eigenvalue weighted by molar-refractivity contribution is 0.273. The fraction of sp³-hybridized carbons (Fsp3) is 0.412. The van der Waals surface area contributed by atoms with Gasteiger partial charge in [0.1, 0.15) is 5.82 Å². The zero-order chi connectivity index (χ0) is 15.2. The predicted octanol–water partition coefficient (Wildman–Crippen LogP) is 2.53. The van der Waals surface area contributed by atoms with E-state index in [9.17, 15) is 0 Å². The lowest BCUT2D eigenvalue weighted by Gasteiger charge is -2.20. The molecule has 1 aliphatic heterocycles. The van der Waals surface area contributed by atoms with Crippen LogP contribution in [0.2, 0.25) is 0 Å². The molecule has 0 amide bonds. The number of hydrogen-bond donors (Lipinski definition) is 2. The molecular weight excluding hydrogens is 274 g/mol. The summed E-state index contributed by atoms with van der Waals surface area (Å²) in [5.41, 5.74) is 7.83. The first-order chi connectivity index (χ1) is 10.8. The molecule has 1 saturated heterocycles. The van der Waals surface area contributed by atoms with Crippen molar-refractivity contribution in [2.24, 2.45) is 0 Å². The number of nitrogens with one attached hydrogen (secondary N) is 1. The maximum absolute atomic E-state index is 5.62. The summed E-state index contributed by atoms with van der Waals surface area (Å²) in [6.45, 7) is 3.17. The highest BCUT2D eigenvalue weighted by Gasteiger charge is 2.17. The van der Waals surface area contributed by atoms with Gasteiger partial charge in [-0.1, -0.05) is 6.07 Å². The standard InChI is InChI=1S/C17H23N5/c18-17-7-6-15(12-20-17)21-14-5-3-10-22(11-8-14)13-16-4-1-2-9-19-16/h1-2,4,6-7,9,12,14,21H,3,5,8,10-11,13H2,(H2,18,20)/t14-/m1/s1. The zero-order valence-corrected chi connectivity index (χ0v) is 12.8.